The van der Waals surface area contributed by atoms with Crippen LogP contribution in [-0.2, 0) is 6.42 Å². The predicted octanol–water partition coefficient (Wildman–Crippen LogP) is 3.73. The Bertz CT molecular complexity index is 467. The molecule has 0 aliphatic carbocycles. The minimum Gasteiger partial charge on any atom is -0.255 e. The molecule has 2 aromatic heterocycles. The molecule has 0 bridgehead atoms. The van der Waals surface area contributed by atoms with Crippen LogP contribution in [-0.4, -0.2) is 9.97 Å². The van der Waals surface area contributed by atoms with Crippen LogP contribution in [0.5, 0.6) is 0 Å². The van der Waals surface area contributed by atoms with Crippen LogP contribution >= 0.6 is 0 Å². The molecule has 0 atom stereocenters. The van der Waals surface area contributed by atoms with Crippen molar-refractivity contribution in [2.45, 2.75) is 27.2 Å². The van der Waals surface area contributed by atoms with Crippen LogP contribution in [0.15, 0.2) is 42.7 Å². The molecule has 2 rings (SSSR count). The Kier molecular flexibility index (Phi) is 3.23. The molecule has 0 saturated carbocycles. The summed E-state index contributed by atoms with van der Waals surface area (Å²) >= 11 is 0. The fraction of sp³-hybridized carbons (Fsp3) is 0.333. The SMILES string of the molecule is CC(C)(C)Cc1ccc(-c2ccccn2)nc1. The topological polar surface area (TPSA) is 25.8 Å². The fourth-order valence-corrected chi connectivity index (χ4v) is 1.81. The molecule has 0 amide bonds. The Morgan fingerprint density at radius 3 is 2.24 bits per heavy atom. The van der Waals surface area contributed by atoms with Gasteiger partial charge < -0.3 is 0 Å². The van der Waals surface area contributed by atoms with Gasteiger partial charge in [-0.1, -0.05) is 32.9 Å². The summed E-state index contributed by atoms with van der Waals surface area (Å²) in [5, 5.41) is 0. The highest BCUT2D eigenvalue weighted by molar-refractivity contribution is 5.53. The van der Waals surface area contributed by atoms with Crippen LogP contribution in [0.4, 0.5) is 0 Å². The smallest absolute Gasteiger partial charge is 0.0886 e. The Morgan fingerprint density at radius 2 is 1.71 bits per heavy atom. The van der Waals surface area contributed by atoms with E-state index >= 15 is 0 Å². The highest BCUT2D eigenvalue weighted by atomic mass is 14.8. The molecule has 2 heteroatoms. The summed E-state index contributed by atoms with van der Waals surface area (Å²) in [6.45, 7) is 6.71. The zero-order valence-electron chi connectivity index (χ0n) is 10.6. The summed E-state index contributed by atoms with van der Waals surface area (Å²) in [5.74, 6) is 0. The van der Waals surface area contributed by atoms with Crippen LogP contribution in [0.25, 0.3) is 11.4 Å². The largest absolute Gasteiger partial charge is 0.255 e. The molecule has 2 aromatic rings. The third-order valence-electron chi connectivity index (χ3n) is 2.49. The summed E-state index contributed by atoms with van der Waals surface area (Å²) in [7, 11) is 0. The van der Waals surface area contributed by atoms with Gasteiger partial charge in [-0.05, 0) is 35.6 Å². The third kappa shape index (κ3) is 3.38. The standard InChI is InChI=1S/C15H18N2/c1-15(2,3)10-12-7-8-14(17-11-12)13-6-4-5-9-16-13/h4-9,11H,10H2,1-3H3. The quantitative estimate of drug-likeness (QED) is 0.779. The average Bonchev–Trinajstić information content (AvgIpc) is 2.29. The van der Waals surface area contributed by atoms with Crippen molar-refractivity contribution in [3.8, 4) is 11.4 Å². The van der Waals surface area contributed by atoms with Crippen molar-refractivity contribution in [2.75, 3.05) is 0 Å². The van der Waals surface area contributed by atoms with Gasteiger partial charge in [0, 0.05) is 12.4 Å². The Morgan fingerprint density at radius 1 is 0.941 bits per heavy atom. The van der Waals surface area contributed by atoms with Crippen LogP contribution in [0.1, 0.15) is 26.3 Å². The Hall–Kier alpha value is -1.70. The number of aromatic nitrogens is 2. The van der Waals surface area contributed by atoms with Crippen LogP contribution < -0.4 is 0 Å². The number of hydrogen-bond donors (Lipinski definition) is 0. The lowest BCUT2D eigenvalue weighted by atomic mass is 9.89. The Balaban J connectivity index is 2.19. The molecule has 0 N–H and O–H groups in total. The number of rotatable bonds is 2. The van der Waals surface area contributed by atoms with Gasteiger partial charge in [-0.25, -0.2) is 0 Å². The maximum Gasteiger partial charge on any atom is 0.0886 e. The lowest BCUT2D eigenvalue weighted by Gasteiger charge is -2.17. The molecule has 0 aliphatic heterocycles. The summed E-state index contributed by atoms with van der Waals surface area (Å²) in [5.41, 5.74) is 3.43. The zero-order valence-corrected chi connectivity index (χ0v) is 10.6. The van der Waals surface area contributed by atoms with Gasteiger partial charge in [0.1, 0.15) is 0 Å². The first-order chi connectivity index (χ1) is 8.04. The summed E-state index contributed by atoms with van der Waals surface area (Å²) in [6.07, 6.45) is 4.79. The van der Waals surface area contributed by atoms with E-state index < -0.39 is 0 Å². The van der Waals surface area contributed by atoms with Gasteiger partial charge in [0.25, 0.3) is 0 Å². The van der Waals surface area contributed by atoms with Crippen molar-refractivity contribution in [1.29, 1.82) is 0 Å². The van der Waals surface area contributed by atoms with E-state index in [1.807, 2.05) is 30.5 Å². The van der Waals surface area contributed by atoms with Gasteiger partial charge in [0.05, 0.1) is 11.4 Å². The second-order valence-corrected chi connectivity index (χ2v) is 5.50. The van der Waals surface area contributed by atoms with E-state index in [4.69, 9.17) is 0 Å². The van der Waals surface area contributed by atoms with E-state index in [1.165, 1.54) is 5.56 Å². The van der Waals surface area contributed by atoms with E-state index in [-0.39, 0.29) is 0 Å². The van der Waals surface area contributed by atoms with Crippen molar-refractivity contribution >= 4 is 0 Å². The van der Waals surface area contributed by atoms with Crippen LogP contribution in [0.3, 0.4) is 0 Å². The molecule has 0 aliphatic rings. The lowest BCUT2D eigenvalue weighted by molar-refractivity contribution is 0.411. The normalized spacial score (nSPS) is 11.5. The summed E-state index contributed by atoms with van der Waals surface area (Å²) < 4.78 is 0. The van der Waals surface area contributed by atoms with Gasteiger partial charge in [-0.15, -0.1) is 0 Å². The van der Waals surface area contributed by atoms with Gasteiger partial charge in [-0.3, -0.25) is 9.97 Å². The predicted molar refractivity (Wildman–Crippen MR) is 70.6 cm³/mol. The van der Waals surface area contributed by atoms with Gasteiger partial charge in [-0.2, -0.15) is 0 Å². The van der Waals surface area contributed by atoms with Crippen molar-refractivity contribution < 1.29 is 0 Å². The summed E-state index contributed by atoms with van der Waals surface area (Å²) in [6, 6.07) is 10.1. The molecular formula is C15H18N2. The first-order valence-corrected chi connectivity index (χ1v) is 5.91. The Labute approximate surface area is 103 Å². The highest BCUT2D eigenvalue weighted by Gasteiger charge is 2.11. The van der Waals surface area contributed by atoms with E-state index in [1.54, 1.807) is 6.20 Å². The number of nitrogens with zero attached hydrogens (tertiary/aromatic N) is 2. The van der Waals surface area contributed by atoms with Gasteiger partial charge >= 0.3 is 0 Å². The fourth-order valence-electron chi connectivity index (χ4n) is 1.81. The second kappa shape index (κ2) is 4.66. The monoisotopic (exact) mass is 226 g/mol. The van der Waals surface area contributed by atoms with Crippen molar-refractivity contribution in [3.63, 3.8) is 0 Å². The number of pyridine rings is 2. The molecule has 17 heavy (non-hydrogen) atoms. The zero-order chi connectivity index (χ0) is 12.3. The molecule has 0 aromatic carbocycles. The molecular weight excluding hydrogens is 208 g/mol. The minimum atomic E-state index is 0.300. The third-order valence-corrected chi connectivity index (χ3v) is 2.49. The molecule has 0 unspecified atom stereocenters. The molecule has 0 spiro atoms. The first-order valence-electron chi connectivity index (χ1n) is 5.91. The molecule has 88 valence electrons. The van der Waals surface area contributed by atoms with Crippen molar-refractivity contribution in [2.24, 2.45) is 5.41 Å². The van der Waals surface area contributed by atoms with Crippen molar-refractivity contribution in [1.82, 2.24) is 9.97 Å². The van der Waals surface area contributed by atoms with Gasteiger partial charge in [0.2, 0.25) is 0 Å². The minimum absolute atomic E-state index is 0.300. The van der Waals surface area contributed by atoms with E-state index in [0.717, 1.165) is 17.8 Å². The van der Waals surface area contributed by atoms with Crippen molar-refractivity contribution in [3.05, 3.63) is 48.3 Å². The molecule has 0 saturated heterocycles. The van der Waals surface area contributed by atoms with E-state index in [0.29, 0.717) is 5.41 Å². The van der Waals surface area contributed by atoms with E-state index in [9.17, 15) is 0 Å². The van der Waals surface area contributed by atoms with Crippen LogP contribution in [0.2, 0.25) is 0 Å². The number of hydrogen-bond acceptors (Lipinski definition) is 2. The first kappa shape index (κ1) is 11.8. The maximum absolute atomic E-state index is 4.47. The van der Waals surface area contributed by atoms with Crippen LogP contribution in [0, 0.1) is 5.41 Å². The average molecular weight is 226 g/mol. The maximum atomic E-state index is 4.47. The molecule has 2 heterocycles. The highest BCUT2D eigenvalue weighted by Crippen LogP contribution is 2.21. The lowest BCUT2D eigenvalue weighted by Crippen LogP contribution is -2.09. The van der Waals surface area contributed by atoms with Gasteiger partial charge in [0.15, 0.2) is 0 Å². The molecule has 2 nitrogen and oxygen atoms in total. The summed E-state index contributed by atoms with van der Waals surface area (Å²) in [4.78, 5) is 8.76. The van der Waals surface area contributed by atoms with E-state index in [2.05, 4.69) is 36.8 Å². The molecule has 0 radical (unpaired) electrons. The second-order valence-electron chi connectivity index (χ2n) is 5.50. The molecule has 0 fully saturated rings.